The summed E-state index contributed by atoms with van der Waals surface area (Å²) in [7, 11) is 0. The molecule has 1 aromatic rings. The highest BCUT2D eigenvalue weighted by atomic mass is 14.9. The van der Waals surface area contributed by atoms with E-state index >= 15 is 0 Å². The Morgan fingerprint density at radius 2 is 2.36 bits per heavy atom. The Morgan fingerprint density at radius 1 is 1.50 bits per heavy atom. The van der Waals surface area contributed by atoms with Gasteiger partial charge in [0.05, 0.1) is 5.69 Å². The van der Waals surface area contributed by atoms with Crippen molar-refractivity contribution in [3.8, 4) is 12.3 Å². The Kier molecular flexibility index (Phi) is 2.81. The second-order valence-corrected chi connectivity index (χ2v) is 3.76. The minimum atomic E-state index is 0.843. The summed E-state index contributed by atoms with van der Waals surface area (Å²) < 4.78 is 0. The van der Waals surface area contributed by atoms with E-state index in [9.17, 15) is 0 Å². The van der Waals surface area contributed by atoms with Gasteiger partial charge in [-0.3, -0.25) is 4.98 Å². The lowest BCUT2D eigenvalue weighted by Crippen LogP contribution is -2.16. The molecule has 0 spiro atoms. The molecule has 1 aliphatic rings. The smallest absolute Gasteiger partial charge is 0.0542 e. The Labute approximate surface area is 84.7 Å². The molecular formula is C12H14N2. The molecule has 1 saturated carbocycles. The fourth-order valence-electron chi connectivity index (χ4n) is 1.34. The Balaban J connectivity index is 1.80. The second kappa shape index (κ2) is 4.26. The van der Waals surface area contributed by atoms with Crippen LogP contribution in [0.15, 0.2) is 18.3 Å². The maximum Gasteiger partial charge on any atom is 0.0542 e. The zero-order chi connectivity index (χ0) is 9.80. The van der Waals surface area contributed by atoms with Crippen LogP contribution in [-0.4, -0.2) is 11.5 Å². The Morgan fingerprint density at radius 3 is 2.93 bits per heavy atom. The fourth-order valence-corrected chi connectivity index (χ4v) is 1.34. The van der Waals surface area contributed by atoms with Crippen molar-refractivity contribution in [2.75, 3.05) is 6.54 Å². The lowest BCUT2D eigenvalue weighted by molar-refractivity contribution is 0.630. The number of aromatic nitrogens is 1. The monoisotopic (exact) mass is 186 g/mol. The fraction of sp³-hybridized carbons (Fsp3) is 0.417. The van der Waals surface area contributed by atoms with E-state index < -0.39 is 0 Å². The average molecular weight is 186 g/mol. The largest absolute Gasteiger partial charge is 0.311 e. The third-order valence-corrected chi connectivity index (χ3v) is 2.43. The standard InChI is InChI=1S/C12H14N2/c1-2-10-5-6-12(14-8-10)9-13-7-11-3-4-11/h1,5-6,8,11,13H,3-4,7,9H2. The molecule has 0 radical (unpaired) electrons. The molecule has 2 heteroatoms. The van der Waals surface area contributed by atoms with Crippen molar-refractivity contribution in [2.24, 2.45) is 5.92 Å². The summed E-state index contributed by atoms with van der Waals surface area (Å²) in [5.41, 5.74) is 1.90. The van der Waals surface area contributed by atoms with Crippen LogP contribution in [0.3, 0.4) is 0 Å². The molecule has 0 saturated heterocycles. The molecule has 72 valence electrons. The van der Waals surface area contributed by atoms with Gasteiger partial charge in [-0.25, -0.2) is 0 Å². The van der Waals surface area contributed by atoms with Crippen molar-refractivity contribution >= 4 is 0 Å². The van der Waals surface area contributed by atoms with E-state index in [0.717, 1.165) is 30.3 Å². The van der Waals surface area contributed by atoms with Gasteiger partial charge in [-0.1, -0.05) is 5.92 Å². The van der Waals surface area contributed by atoms with Gasteiger partial charge in [0.2, 0.25) is 0 Å². The van der Waals surface area contributed by atoms with Crippen LogP contribution in [0, 0.1) is 18.3 Å². The van der Waals surface area contributed by atoms with Gasteiger partial charge in [0, 0.05) is 18.3 Å². The van der Waals surface area contributed by atoms with E-state index in [2.05, 4.69) is 16.2 Å². The molecule has 14 heavy (non-hydrogen) atoms. The summed E-state index contributed by atoms with van der Waals surface area (Å²) >= 11 is 0. The van der Waals surface area contributed by atoms with E-state index in [4.69, 9.17) is 6.42 Å². The van der Waals surface area contributed by atoms with Crippen LogP contribution in [0.25, 0.3) is 0 Å². The third kappa shape index (κ3) is 2.58. The number of nitrogens with zero attached hydrogens (tertiary/aromatic N) is 1. The van der Waals surface area contributed by atoms with Gasteiger partial charge in [-0.05, 0) is 37.4 Å². The average Bonchev–Trinajstić information content (AvgIpc) is 3.03. The topological polar surface area (TPSA) is 24.9 Å². The number of pyridine rings is 1. The van der Waals surface area contributed by atoms with E-state index in [1.54, 1.807) is 6.20 Å². The lowest BCUT2D eigenvalue weighted by atomic mass is 10.2. The molecule has 1 aliphatic carbocycles. The molecule has 0 atom stereocenters. The summed E-state index contributed by atoms with van der Waals surface area (Å²) in [6.45, 7) is 1.97. The number of rotatable bonds is 4. The van der Waals surface area contributed by atoms with Gasteiger partial charge < -0.3 is 5.32 Å². The van der Waals surface area contributed by atoms with Crippen LogP contribution >= 0.6 is 0 Å². The molecule has 0 bridgehead atoms. The van der Waals surface area contributed by atoms with Crippen molar-refractivity contribution in [1.29, 1.82) is 0 Å². The summed E-state index contributed by atoms with van der Waals surface area (Å²) in [5.74, 6) is 3.47. The molecule has 1 heterocycles. The number of hydrogen-bond donors (Lipinski definition) is 1. The quantitative estimate of drug-likeness (QED) is 0.722. The molecule has 1 aromatic heterocycles. The Hall–Kier alpha value is -1.33. The number of terminal acetylenes is 1. The maximum atomic E-state index is 5.24. The zero-order valence-corrected chi connectivity index (χ0v) is 8.16. The van der Waals surface area contributed by atoms with Crippen molar-refractivity contribution in [3.05, 3.63) is 29.6 Å². The molecule has 0 aromatic carbocycles. The molecule has 1 fully saturated rings. The first-order chi connectivity index (χ1) is 6.88. The minimum Gasteiger partial charge on any atom is -0.311 e. The van der Waals surface area contributed by atoms with Crippen molar-refractivity contribution in [1.82, 2.24) is 10.3 Å². The predicted molar refractivity (Wildman–Crippen MR) is 56.6 cm³/mol. The van der Waals surface area contributed by atoms with Crippen LogP contribution in [0.5, 0.6) is 0 Å². The zero-order valence-electron chi connectivity index (χ0n) is 8.16. The predicted octanol–water partition coefficient (Wildman–Crippen LogP) is 1.56. The lowest BCUT2D eigenvalue weighted by Gasteiger charge is -2.02. The SMILES string of the molecule is C#Cc1ccc(CNCC2CC2)nc1. The molecule has 0 unspecified atom stereocenters. The van der Waals surface area contributed by atoms with E-state index in [1.807, 2.05) is 12.1 Å². The first-order valence-corrected chi connectivity index (χ1v) is 5.01. The minimum absolute atomic E-state index is 0.843. The number of nitrogens with one attached hydrogen (secondary N) is 1. The summed E-state index contributed by atoms with van der Waals surface area (Å²) in [5, 5.41) is 3.39. The highest BCUT2D eigenvalue weighted by Crippen LogP contribution is 2.27. The van der Waals surface area contributed by atoms with Crippen molar-refractivity contribution < 1.29 is 0 Å². The summed E-state index contributed by atoms with van der Waals surface area (Å²) in [6, 6.07) is 3.91. The van der Waals surface area contributed by atoms with Crippen LogP contribution in [0.4, 0.5) is 0 Å². The normalized spacial score (nSPS) is 15.1. The Bertz CT molecular complexity index is 330. The van der Waals surface area contributed by atoms with E-state index in [0.29, 0.717) is 0 Å². The maximum absolute atomic E-state index is 5.24. The van der Waals surface area contributed by atoms with Gasteiger partial charge in [0.1, 0.15) is 0 Å². The molecular weight excluding hydrogens is 172 g/mol. The third-order valence-electron chi connectivity index (χ3n) is 2.43. The first-order valence-electron chi connectivity index (χ1n) is 5.01. The van der Waals surface area contributed by atoms with E-state index in [1.165, 1.54) is 12.8 Å². The van der Waals surface area contributed by atoms with Gasteiger partial charge in [-0.2, -0.15) is 0 Å². The van der Waals surface area contributed by atoms with Gasteiger partial charge in [0.25, 0.3) is 0 Å². The molecule has 0 amide bonds. The summed E-state index contributed by atoms with van der Waals surface area (Å²) in [6.07, 6.45) is 9.76. The molecule has 0 aliphatic heterocycles. The molecule has 1 N–H and O–H groups in total. The first kappa shape index (κ1) is 9.23. The van der Waals surface area contributed by atoms with E-state index in [-0.39, 0.29) is 0 Å². The highest BCUT2D eigenvalue weighted by Gasteiger charge is 2.20. The highest BCUT2D eigenvalue weighted by molar-refractivity contribution is 5.29. The van der Waals surface area contributed by atoms with Crippen molar-refractivity contribution in [3.63, 3.8) is 0 Å². The van der Waals surface area contributed by atoms with Crippen LogP contribution in [0.1, 0.15) is 24.1 Å². The number of hydrogen-bond acceptors (Lipinski definition) is 2. The van der Waals surface area contributed by atoms with Crippen molar-refractivity contribution in [2.45, 2.75) is 19.4 Å². The molecule has 2 nitrogen and oxygen atoms in total. The van der Waals surface area contributed by atoms with Gasteiger partial charge in [-0.15, -0.1) is 6.42 Å². The van der Waals surface area contributed by atoms with Gasteiger partial charge >= 0.3 is 0 Å². The van der Waals surface area contributed by atoms with Crippen LogP contribution in [0.2, 0.25) is 0 Å². The second-order valence-electron chi connectivity index (χ2n) is 3.76. The van der Waals surface area contributed by atoms with Crippen LogP contribution in [-0.2, 0) is 6.54 Å². The van der Waals surface area contributed by atoms with Gasteiger partial charge in [0.15, 0.2) is 0 Å². The summed E-state index contributed by atoms with van der Waals surface area (Å²) in [4.78, 5) is 4.26. The molecule has 2 rings (SSSR count). The van der Waals surface area contributed by atoms with Crippen LogP contribution < -0.4 is 5.32 Å².